The Morgan fingerprint density at radius 1 is 1.38 bits per heavy atom. The van der Waals surface area contributed by atoms with Gasteiger partial charge in [0, 0.05) is 23.5 Å². The Kier molecular flexibility index (Phi) is 4.01. The van der Waals surface area contributed by atoms with Crippen LogP contribution >= 0.6 is 0 Å². The Hall–Kier alpha value is -3.41. The molecule has 1 saturated carbocycles. The maximum Gasteiger partial charge on any atom is 0.343 e. The first-order valence-electron chi connectivity index (χ1n) is 8.48. The quantitative estimate of drug-likeness (QED) is 0.661. The summed E-state index contributed by atoms with van der Waals surface area (Å²) in [7, 11) is 0. The van der Waals surface area contributed by atoms with E-state index in [2.05, 4.69) is 31.4 Å². The zero-order valence-corrected chi connectivity index (χ0v) is 13.9. The van der Waals surface area contributed by atoms with Crippen LogP contribution in [-0.2, 0) is 0 Å². The van der Waals surface area contributed by atoms with Gasteiger partial charge in [-0.3, -0.25) is 4.98 Å². The number of hydrogen-bond acceptors (Lipinski definition) is 5. The normalized spacial score (nSPS) is 15.8. The molecule has 26 heavy (non-hydrogen) atoms. The highest BCUT2D eigenvalue weighted by Gasteiger charge is 2.26. The second-order valence-electron chi connectivity index (χ2n) is 6.44. The first-order valence-corrected chi connectivity index (χ1v) is 8.48. The van der Waals surface area contributed by atoms with Crippen LogP contribution in [0.15, 0.2) is 29.5 Å². The molecule has 132 valence electrons. The summed E-state index contributed by atoms with van der Waals surface area (Å²) >= 11 is 0. The molecule has 0 saturated heterocycles. The molecular weight excluding hydrogens is 334 g/mol. The fourth-order valence-electron chi connectivity index (χ4n) is 3.49. The molecule has 0 aliphatic heterocycles. The van der Waals surface area contributed by atoms with Crippen molar-refractivity contribution in [2.24, 2.45) is 5.92 Å². The minimum atomic E-state index is -0.508. The van der Waals surface area contributed by atoms with Gasteiger partial charge >= 0.3 is 11.7 Å². The zero-order valence-electron chi connectivity index (χ0n) is 13.9. The van der Waals surface area contributed by atoms with Crippen molar-refractivity contribution in [3.05, 3.63) is 35.1 Å². The molecule has 1 fully saturated rings. The van der Waals surface area contributed by atoms with E-state index in [4.69, 9.17) is 0 Å². The number of aromatic amines is 2. The Morgan fingerprint density at radius 2 is 2.19 bits per heavy atom. The van der Waals surface area contributed by atoms with Crippen molar-refractivity contribution in [3.8, 4) is 17.2 Å². The lowest BCUT2D eigenvalue weighted by Gasteiger charge is -2.17. The molecule has 9 heteroatoms. The van der Waals surface area contributed by atoms with E-state index >= 15 is 0 Å². The highest BCUT2D eigenvalue weighted by molar-refractivity contribution is 5.89. The van der Waals surface area contributed by atoms with Crippen LogP contribution in [-0.4, -0.2) is 36.8 Å². The predicted octanol–water partition coefficient (Wildman–Crippen LogP) is 1.75. The van der Waals surface area contributed by atoms with Gasteiger partial charge < -0.3 is 10.3 Å². The highest BCUT2D eigenvalue weighted by Crippen LogP contribution is 2.28. The second kappa shape index (κ2) is 6.48. The number of nitrogens with zero attached hydrogens (tertiary/aromatic N) is 4. The maximum atomic E-state index is 12.4. The summed E-state index contributed by atoms with van der Waals surface area (Å²) < 4.78 is 1.17. The van der Waals surface area contributed by atoms with Gasteiger partial charge in [0.1, 0.15) is 6.04 Å². The van der Waals surface area contributed by atoms with Crippen molar-refractivity contribution < 1.29 is 4.79 Å². The number of aromatic nitrogens is 5. The van der Waals surface area contributed by atoms with Crippen molar-refractivity contribution in [1.29, 1.82) is 5.26 Å². The van der Waals surface area contributed by atoms with Crippen LogP contribution in [0.4, 0.5) is 4.79 Å². The lowest BCUT2D eigenvalue weighted by atomic mass is 10.00. The first kappa shape index (κ1) is 16.1. The Labute approximate surface area is 148 Å². The molecular formula is C17H17N7O2. The number of amides is 1. The van der Waals surface area contributed by atoms with Crippen molar-refractivity contribution in [1.82, 2.24) is 30.0 Å². The summed E-state index contributed by atoms with van der Waals surface area (Å²) in [6.07, 6.45) is 8.78. The first-order chi connectivity index (χ1) is 12.7. The summed E-state index contributed by atoms with van der Waals surface area (Å²) in [5.74, 6) is 0.198. The molecule has 0 bridgehead atoms. The summed E-state index contributed by atoms with van der Waals surface area (Å²) in [6.45, 7) is 0. The molecule has 3 aromatic heterocycles. The van der Waals surface area contributed by atoms with E-state index in [-0.39, 0.29) is 11.6 Å². The smallest absolute Gasteiger partial charge is 0.320 e. The number of hydrogen-bond donors (Lipinski definition) is 3. The maximum absolute atomic E-state index is 12.4. The minimum absolute atomic E-state index is 0.198. The molecule has 1 amide bonds. The van der Waals surface area contributed by atoms with Crippen LogP contribution in [0.2, 0.25) is 0 Å². The number of carbonyl (C=O) groups is 1. The Bertz CT molecular complexity index is 1050. The topological polar surface area (TPSA) is 132 Å². The molecule has 1 unspecified atom stereocenters. The second-order valence-corrected chi connectivity index (χ2v) is 6.44. The number of H-pyrrole nitrogens is 2. The number of nitriles is 1. The van der Waals surface area contributed by atoms with Gasteiger partial charge in [0.05, 0.1) is 17.8 Å². The van der Waals surface area contributed by atoms with E-state index in [9.17, 15) is 14.9 Å². The summed E-state index contributed by atoms with van der Waals surface area (Å²) in [6, 6.07) is 2.97. The van der Waals surface area contributed by atoms with E-state index in [0.717, 1.165) is 25.7 Å². The van der Waals surface area contributed by atoms with Gasteiger partial charge in [-0.25, -0.2) is 14.6 Å². The summed E-state index contributed by atoms with van der Waals surface area (Å²) in [5, 5.41) is 16.2. The number of imidazole rings is 1. The standard InChI is InChI=1S/C17H17N7O2/c18-7-13(10-3-1-2-4-10)21-17(26)24-9-11(8-20-24)12-5-6-19-15-14(12)22-16(25)23-15/h5-6,8-10,13H,1-4H2,(H,21,26)(H2,19,22,23,25). The van der Waals surface area contributed by atoms with Gasteiger partial charge in [0.15, 0.2) is 5.65 Å². The van der Waals surface area contributed by atoms with Crippen LogP contribution < -0.4 is 11.0 Å². The van der Waals surface area contributed by atoms with Crippen LogP contribution in [0.1, 0.15) is 25.7 Å². The van der Waals surface area contributed by atoms with Gasteiger partial charge in [0.25, 0.3) is 0 Å². The third kappa shape index (κ3) is 2.86. The van der Waals surface area contributed by atoms with Gasteiger partial charge in [-0.2, -0.15) is 15.0 Å². The summed E-state index contributed by atoms with van der Waals surface area (Å²) in [4.78, 5) is 33.3. The van der Waals surface area contributed by atoms with E-state index in [0.29, 0.717) is 22.3 Å². The molecule has 1 aliphatic carbocycles. The monoisotopic (exact) mass is 351 g/mol. The average Bonchev–Trinajstić information content (AvgIpc) is 3.37. The predicted molar refractivity (Wildman–Crippen MR) is 93.2 cm³/mol. The molecule has 9 nitrogen and oxygen atoms in total. The van der Waals surface area contributed by atoms with E-state index < -0.39 is 12.1 Å². The zero-order chi connectivity index (χ0) is 18.1. The van der Waals surface area contributed by atoms with Gasteiger partial charge in [-0.05, 0) is 24.8 Å². The third-order valence-electron chi connectivity index (χ3n) is 4.81. The lowest BCUT2D eigenvalue weighted by Crippen LogP contribution is -2.41. The van der Waals surface area contributed by atoms with E-state index in [1.54, 1.807) is 18.5 Å². The molecule has 3 heterocycles. The molecule has 0 spiro atoms. The van der Waals surface area contributed by atoms with Crippen molar-refractivity contribution in [2.75, 3.05) is 0 Å². The number of nitrogens with one attached hydrogen (secondary N) is 3. The van der Waals surface area contributed by atoms with E-state index in [1.165, 1.54) is 10.9 Å². The number of rotatable bonds is 3. The van der Waals surface area contributed by atoms with Crippen molar-refractivity contribution in [3.63, 3.8) is 0 Å². The van der Waals surface area contributed by atoms with Gasteiger partial charge in [-0.15, -0.1) is 0 Å². The molecule has 1 aliphatic rings. The highest BCUT2D eigenvalue weighted by atomic mass is 16.2. The molecule has 0 aromatic carbocycles. The van der Waals surface area contributed by atoms with Crippen molar-refractivity contribution >= 4 is 17.2 Å². The van der Waals surface area contributed by atoms with E-state index in [1.807, 2.05) is 0 Å². The fraction of sp³-hybridized carbons (Fsp3) is 0.353. The molecule has 0 radical (unpaired) electrons. The minimum Gasteiger partial charge on any atom is -0.320 e. The summed E-state index contributed by atoms with van der Waals surface area (Å²) in [5.41, 5.74) is 2.02. The lowest BCUT2D eigenvalue weighted by molar-refractivity contribution is 0.234. The molecule has 4 rings (SSSR count). The Balaban J connectivity index is 1.58. The Morgan fingerprint density at radius 3 is 2.96 bits per heavy atom. The van der Waals surface area contributed by atoms with Crippen LogP contribution in [0.3, 0.4) is 0 Å². The molecule has 3 N–H and O–H groups in total. The van der Waals surface area contributed by atoms with Gasteiger partial charge in [-0.1, -0.05) is 12.8 Å². The number of fused-ring (bicyclic) bond motifs is 1. The largest absolute Gasteiger partial charge is 0.343 e. The van der Waals surface area contributed by atoms with Crippen LogP contribution in [0.5, 0.6) is 0 Å². The van der Waals surface area contributed by atoms with Crippen molar-refractivity contribution in [2.45, 2.75) is 31.7 Å². The van der Waals surface area contributed by atoms with Crippen LogP contribution in [0, 0.1) is 17.2 Å². The fourth-order valence-corrected chi connectivity index (χ4v) is 3.49. The SMILES string of the molecule is N#CC(NC(=O)n1cc(-c2ccnc3[nH]c(=O)[nH]c23)cn1)C1CCCC1. The average molecular weight is 351 g/mol. The van der Waals surface area contributed by atoms with Gasteiger partial charge in [0.2, 0.25) is 0 Å². The van der Waals surface area contributed by atoms with Crippen LogP contribution in [0.25, 0.3) is 22.3 Å². The number of pyridine rings is 1. The number of carbonyl (C=O) groups excluding carboxylic acids is 1. The third-order valence-corrected chi connectivity index (χ3v) is 4.81. The molecule has 1 atom stereocenters. The molecule has 3 aromatic rings.